The van der Waals surface area contributed by atoms with E-state index in [0.717, 1.165) is 43.1 Å². The maximum Gasteiger partial charge on any atom is 0.426 e. The number of benzene rings is 3. The number of likely N-dealkylation sites (tertiary alicyclic amines) is 1. The summed E-state index contributed by atoms with van der Waals surface area (Å²) in [5.41, 5.74) is 0.0311. The molecule has 5 rings (SSSR count). The molecule has 0 radical (unpaired) electrons. The van der Waals surface area contributed by atoms with Gasteiger partial charge in [-0.25, -0.2) is 23.5 Å². The molecule has 4 aromatic rings. The molecule has 1 saturated heterocycles. The summed E-state index contributed by atoms with van der Waals surface area (Å²) in [4.78, 5) is 25.3. The van der Waals surface area contributed by atoms with Gasteiger partial charge in [-0.3, -0.25) is 0 Å². The van der Waals surface area contributed by atoms with Crippen LogP contribution in [-0.2, 0) is 0 Å². The predicted molar refractivity (Wildman–Crippen MR) is 166 cm³/mol. The number of carbonyl (C=O) groups is 1. The molecular formula is C33H35F2N5O5. The molecule has 3 aromatic carbocycles. The number of anilines is 4. The highest BCUT2D eigenvalue weighted by molar-refractivity contribution is 5.99. The quantitative estimate of drug-likeness (QED) is 0.166. The summed E-state index contributed by atoms with van der Waals surface area (Å²) >= 11 is 0. The van der Waals surface area contributed by atoms with Gasteiger partial charge in [-0.15, -0.1) is 0 Å². The Morgan fingerprint density at radius 2 is 1.71 bits per heavy atom. The Morgan fingerprint density at radius 1 is 0.933 bits per heavy atom. The normalized spacial score (nSPS) is 13.2. The van der Waals surface area contributed by atoms with Gasteiger partial charge in [0.05, 0.1) is 26.5 Å². The van der Waals surface area contributed by atoms with Crippen LogP contribution in [0.2, 0.25) is 0 Å². The largest absolute Gasteiger partial charge is 0.497 e. The van der Waals surface area contributed by atoms with Gasteiger partial charge in [0.25, 0.3) is 0 Å². The summed E-state index contributed by atoms with van der Waals surface area (Å²) in [7, 11) is 2.82. The molecule has 12 heteroatoms. The van der Waals surface area contributed by atoms with Crippen molar-refractivity contribution < 1.29 is 32.5 Å². The smallest absolute Gasteiger partial charge is 0.426 e. The van der Waals surface area contributed by atoms with Crippen molar-refractivity contribution in [1.82, 2.24) is 14.9 Å². The minimum absolute atomic E-state index is 0.0208. The van der Waals surface area contributed by atoms with Crippen molar-refractivity contribution in [3.8, 4) is 23.1 Å². The minimum Gasteiger partial charge on any atom is -0.497 e. The zero-order valence-corrected chi connectivity index (χ0v) is 25.2. The Morgan fingerprint density at radius 3 is 2.47 bits per heavy atom. The molecule has 0 unspecified atom stereocenters. The third kappa shape index (κ3) is 8.15. The van der Waals surface area contributed by atoms with Crippen molar-refractivity contribution in [3.05, 3.63) is 84.6 Å². The fraction of sp³-hybridized carbons (Fsp3) is 0.303. The summed E-state index contributed by atoms with van der Waals surface area (Å²) in [5.74, 6) is -0.766. The maximum atomic E-state index is 15.0. The average Bonchev–Trinajstić information content (AvgIpc) is 3.05. The number of aromatic nitrogens is 2. The molecule has 1 aliphatic heterocycles. The monoisotopic (exact) mass is 619 g/mol. The lowest BCUT2D eigenvalue weighted by molar-refractivity contribution is 0.205. The zero-order valence-electron chi connectivity index (χ0n) is 25.2. The standard InChI is InChI=1S/C33H35F2N5O5/c1-42-24-13-14-28(29(22-24)43-2)40(31-26(34)11-7-12-27(31)35)33(41)45-30-15-16-36-32(38-30)37-23-9-6-10-25(21-23)44-20-8-19-39-17-4-3-5-18-39/h6-7,9-16,21-22H,3-5,8,17-20H2,1-2H3,(H,36,37,38). The van der Waals surface area contributed by atoms with E-state index in [-0.39, 0.29) is 23.3 Å². The van der Waals surface area contributed by atoms with Crippen LogP contribution >= 0.6 is 0 Å². The van der Waals surface area contributed by atoms with Crippen molar-refractivity contribution in [2.45, 2.75) is 25.7 Å². The van der Waals surface area contributed by atoms with E-state index in [1.807, 2.05) is 24.3 Å². The second-order valence-corrected chi connectivity index (χ2v) is 10.3. The number of carbonyl (C=O) groups excluding carboxylic acids is 1. The molecule has 2 heterocycles. The maximum absolute atomic E-state index is 15.0. The van der Waals surface area contributed by atoms with Gasteiger partial charge in [0, 0.05) is 36.6 Å². The van der Waals surface area contributed by atoms with Crippen LogP contribution in [0.4, 0.5) is 36.6 Å². The molecule has 45 heavy (non-hydrogen) atoms. The Hall–Kier alpha value is -4.97. The van der Waals surface area contributed by atoms with E-state index in [1.165, 1.54) is 70.0 Å². The highest BCUT2D eigenvalue weighted by atomic mass is 19.1. The van der Waals surface area contributed by atoms with Crippen molar-refractivity contribution in [3.63, 3.8) is 0 Å². The number of nitrogens with zero attached hydrogens (tertiary/aromatic N) is 4. The minimum atomic E-state index is -1.13. The molecule has 0 spiro atoms. The lowest BCUT2D eigenvalue weighted by Crippen LogP contribution is -2.31. The third-order valence-corrected chi connectivity index (χ3v) is 7.22. The van der Waals surface area contributed by atoms with Crippen LogP contribution in [-0.4, -0.2) is 61.4 Å². The number of hydrogen-bond acceptors (Lipinski definition) is 9. The molecule has 1 aromatic heterocycles. The van der Waals surface area contributed by atoms with E-state index in [4.69, 9.17) is 18.9 Å². The molecular weight excluding hydrogens is 584 g/mol. The van der Waals surface area contributed by atoms with Crippen molar-refractivity contribution in [2.75, 3.05) is 50.7 Å². The lowest BCUT2D eigenvalue weighted by Gasteiger charge is -2.26. The van der Waals surface area contributed by atoms with Gasteiger partial charge in [-0.05, 0) is 68.8 Å². The molecule has 0 bridgehead atoms. The van der Waals surface area contributed by atoms with E-state index in [2.05, 4.69) is 20.2 Å². The van der Waals surface area contributed by atoms with Crippen LogP contribution in [0, 0.1) is 11.6 Å². The second-order valence-electron chi connectivity index (χ2n) is 10.3. The molecule has 0 aliphatic carbocycles. The Balaban J connectivity index is 1.29. The predicted octanol–water partition coefficient (Wildman–Crippen LogP) is 7.11. The Kier molecular flexibility index (Phi) is 10.6. The van der Waals surface area contributed by atoms with Crippen LogP contribution in [0.1, 0.15) is 25.7 Å². The van der Waals surface area contributed by atoms with Crippen LogP contribution in [0.5, 0.6) is 23.1 Å². The van der Waals surface area contributed by atoms with E-state index < -0.39 is 23.4 Å². The fourth-order valence-electron chi connectivity index (χ4n) is 5.03. The number of hydrogen-bond donors (Lipinski definition) is 1. The number of rotatable bonds is 12. The van der Waals surface area contributed by atoms with E-state index >= 15 is 0 Å². The number of piperidine rings is 1. The van der Waals surface area contributed by atoms with Crippen molar-refractivity contribution in [1.29, 1.82) is 0 Å². The SMILES string of the molecule is COc1ccc(N(C(=O)Oc2ccnc(Nc3cccc(OCCCN4CCCCC4)c3)n2)c2c(F)cccc2F)c(OC)c1. The summed E-state index contributed by atoms with van der Waals surface area (Å²) < 4.78 is 52.1. The lowest BCUT2D eigenvalue weighted by atomic mass is 10.1. The molecule has 1 aliphatic rings. The van der Waals surface area contributed by atoms with Crippen LogP contribution in [0.25, 0.3) is 0 Å². The van der Waals surface area contributed by atoms with Gasteiger partial charge in [-0.2, -0.15) is 4.98 Å². The zero-order chi connectivity index (χ0) is 31.6. The summed E-state index contributed by atoms with van der Waals surface area (Å²) in [6.07, 6.45) is 5.03. The van der Waals surface area contributed by atoms with Gasteiger partial charge >= 0.3 is 6.09 Å². The van der Waals surface area contributed by atoms with E-state index in [1.54, 1.807) is 0 Å². The first-order chi connectivity index (χ1) is 21.9. The van der Waals surface area contributed by atoms with Gasteiger partial charge in [0.15, 0.2) is 0 Å². The van der Waals surface area contributed by atoms with Crippen molar-refractivity contribution in [2.24, 2.45) is 0 Å². The number of nitrogens with one attached hydrogen (secondary N) is 1. The second kappa shape index (κ2) is 15.2. The summed E-state index contributed by atoms with van der Waals surface area (Å²) in [6, 6.07) is 16.4. The molecule has 0 atom stereocenters. The molecule has 236 valence electrons. The first-order valence-electron chi connectivity index (χ1n) is 14.7. The Labute approximate surface area is 260 Å². The fourth-order valence-corrected chi connectivity index (χ4v) is 5.03. The average molecular weight is 620 g/mol. The molecule has 10 nitrogen and oxygen atoms in total. The first-order valence-corrected chi connectivity index (χ1v) is 14.7. The van der Waals surface area contributed by atoms with Gasteiger partial charge in [0.2, 0.25) is 11.8 Å². The highest BCUT2D eigenvalue weighted by Crippen LogP contribution is 2.39. The molecule has 1 N–H and O–H groups in total. The number of halogens is 2. The number of methoxy groups -OCH3 is 2. The topological polar surface area (TPSA) is 98.3 Å². The van der Waals surface area contributed by atoms with Crippen LogP contribution in [0.15, 0.2) is 72.9 Å². The Bertz CT molecular complexity index is 1580. The first kappa shape index (κ1) is 31.5. The highest BCUT2D eigenvalue weighted by Gasteiger charge is 2.29. The number of para-hydroxylation sites is 1. The van der Waals surface area contributed by atoms with Crippen LogP contribution in [0.3, 0.4) is 0 Å². The number of ether oxygens (including phenoxy) is 4. The van der Waals surface area contributed by atoms with Crippen molar-refractivity contribution >= 4 is 29.1 Å². The van der Waals surface area contributed by atoms with Gasteiger partial charge < -0.3 is 29.2 Å². The molecule has 1 amide bonds. The molecule has 1 fully saturated rings. The summed E-state index contributed by atoms with van der Waals surface area (Å²) in [5, 5.41) is 3.07. The van der Waals surface area contributed by atoms with E-state index in [9.17, 15) is 13.6 Å². The van der Waals surface area contributed by atoms with Gasteiger partial charge in [-0.1, -0.05) is 18.6 Å². The van der Waals surface area contributed by atoms with Crippen LogP contribution < -0.4 is 29.2 Å². The van der Waals surface area contributed by atoms with E-state index in [0.29, 0.717) is 23.8 Å². The number of amides is 1. The van der Waals surface area contributed by atoms with Gasteiger partial charge in [0.1, 0.15) is 34.6 Å². The molecule has 0 saturated carbocycles. The third-order valence-electron chi connectivity index (χ3n) is 7.22. The summed E-state index contributed by atoms with van der Waals surface area (Å²) in [6.45, 7) is 3.92.